The van der Waals surface area contributed by atoms with Gasteiger partial charge in [0, 0.05) is 0 Å². The molecule has 0 atom stereocenters. The van der Waals surface area contributed by atoms with E-state index in [0.717, 1.165) is 5.57 Å². The van der Waals surface area contributed by atoms with Gasteiger partial charge in [0.25, 0.3) is 0 Å². The largest absolute Gasteiger partial charge is 0.316 e. The van der Waals surface area contributed by atoms with Crippen LogP contribution in [0.4, 0.5) is 0 Å². The summed E-state index contributed by atoms with van der Waals surface area (Å²) in [4.78, 5) is 0. The maximum absolute atomic E-state index is 8.75. The Balaban J connectivity index is 4.62. The second-order valence-corrected chi connectivity index (χ2v) is 2.80. The Morgan fingerprint density at radius 1 is 1.45 bits per heavy atom. The molecule has 0 unspecified atom stereocenters. The molecule has 0 aliphatic heterocycles. The van der Waals surface area contributed by atoms with Gasteiger partial charge in [0.2, 0.25) is 0 Å². The summed E-state index contributed by atoms with van der Waals surface area (Å²) in [6, 6.07) is 0. The normalized spacial score (nSPS) is 12.8. The van der Waals surface area contributed by atoms with Gasteiger partial charge < -0.3 is 5.21 Å². The van der Waals surface area contributed by atoms with Gasteiger partial charge in [-0.1, -0.05) is 31.4 Å². The third kappa shape index (κ3) is 2.70. The SMILES string of the molecule is C=C/C=C(\C=C)C(C)(C)NO. The van der Waals surface area contributed by atoms with Crippen molar-refractivity contribution >= 4 is 0 Å². The molecule has 0 aromatic heterocycles. The first-order valence-electron chi connectivity index (χ1n) is 3.45. The van der Waals surface area contributed by atoms with Gasteiger partial charge in [-0.25, -0.2) is 0 Å². The zero-order valence-electron chi connectivity index (χ0n) is 7.09. The number of hydrogen-bond acceptors (Lipinski definition) is 2. The molecule has 0 bridgehead atoms. The van der Waals surface area contributed by atoms with E-state index in [0.29, 0.717) is 0 Å². The predicted octanol–water partition coefficient (Wildman–Crippen LogP) is 2.04. The van der Waals surface area contributed by atoms with Crippen LogP contribution < -0.4 is 5.48 Å². The molecule has 0 heterocycles. The first-order chi connectivity index (χ1) is 5.08. The van der Waals surface area contributed by atoms with Gasteiger partial charge in [0.15, 0.2) is 0 Å². The Hall–Kier alpha value is -0.860. The molecule has 0 saturated carbocycles. The third-order valence-corrected chi connectivity index (χ3v) is 1.52. The first-order valence-corrected chi connectivity index (χ1v) is 3.45. The van der Waals surface area contributed by atoms with Gasteiger partial charge in [-0.3, -0.25) is 0 Å². The molecule has 2 heteroatoms. The number of allylic oxidation sites excluding steroid dienone is 2. The van der Waals surface area contributed by atoms with E-state index in [4.69, 9.17) is 5.21 Å². The zero-order chi connectivity index (χ0) is 8.91. The number of nitrogens with one attached hydrogen (secondary N) is 1. The van der Waals surface area contributed by atoms with Crippen molar-refractivity contribution in [3.63, 3.8) is 0 Å². The minimum absolute atomic E-state index is 0.462. The second kappa shape index (κ2) is 4.11. The summed E-state index contributed by atoms with van der Waals surface area (Å²) < 4.78 is 0. The fourth-order valence-corrected chi connectivity index (χ4v) is 0.723. The lowest BCUT2D eigenvalue weighted by molar-refractivity contribution is 0.102. The number of hydrogen-bond donors (Lipinski definition) is 2. The molecule has 0 saturated heterocycles. The van der Waals surface area contributed by atoms with Crippen molar-refractivity contribution < 1.29 is 5.21 Å². The minimum Gasteiger partial charge on any atom is -0.316 e. The maximum atomic E-state index is 8.75. The van der Waals surface area contributed by atoms with Crippen LogP contribution in [0.5, 0.6) is 0 Å². The Labute approximate surface area is 67.9 Å². The minimum atomic E-state index is -0.462. The van der Waals surface area contributed by atoms with Gasteiger partial charge in [-0.15, -0.1) is 0 Å². The summed E-state index contributed by atoms with van der Waals surface area (Å²) in [5.74, 6) is 0. The Bertz CT molecular complexity index is 180. The quantitative estimate of drug-likeness (QED) is 0.478. The van der Waals surface area contributed by atoms with E-state index in [1.165, 1.54) is 0 Å². The highest BCUT2D eigenvalue weighted by molar-refractivity contribution is 5.30. The molecule has 0 spiro atoms. The van der Waals surface area contributed by atoms with E-state index in [1.54, 1.807) is 18.2 Å². The first kappa shape index (κ1) is 10.1. The van der Waals surface area contributed by atoms with Crippen molar-refractivity contribution in [1.82, 2.24) is 5.48 Å². The van der Waals surface area contributed by atoms with Crippen LogP contribution in [0.2, 0.25) is 0 Å². The topological polar surface area (TPSA) is 32.3 Å². The molecular weight excluding hydrogens is 138 g/mol. The van der Waals surface area contributed by atoms with Crippen LogP contribution in [-0.4, -0.2) is 10.7 Å². The van der Waals surface area contributed by atoms with Gasteiger partial charge in [0.05, 0.1) is 5.54 Å². The average molecular weight is 153 g/mol. The lowest BCUT2D eigenvalue weighted by atomic mass is 9.95. The fourth-order valence-electron chi connectivity index (χ4n) is 0.723. The summed E-state index contributed by atoms with van der Waals surface area (Å²) >= 11 is 0. The van der Waals surface area contributed by atoms with Crippen molar-refractivity contribution in [2.24, 2.45) is 0 Å². The smallest absolute Gasteiger partial charge is 0.0621 e. The van der Waals surface area contributed by atoms with Crippen molar-refractivity contribution in [2.75, 3.05) is 0 Å². The van der Waals surface area contributed by atoms with E-state index in [2.05, 4.69) is 18.6 Å². The fraction of sp³-hybridized carbons (Fsp3) is 0.333. The van der Waals surface area contributed by atoms with E-state index in [-0.39, 0.29) is 0 Å². The van der Waals surface area contributed by atoms with Gasteiger partial charge in [0.1, 0.15) is 0 Å². The Morgan fingerprint density at radius 2 is 2.00 bits per heavy atom. The predicted molar refractivity (Wildman–Crippen MR) is 47.5 cm³/mol. The Morgan fingerprint density at radius 3 is 2.27 bits per heavy atom. The highest BCUT2D eigenvalue weighted by atomic mass is 16.5. The van der Waals surface area contributed by atoms with Crippen LogP contribution in [-0.2, 0) is 0 Å². The monoisotopic (exact) mass is 153 g/mol. The lowest BCUT2D eigenvalue weighted by Gasteiger charge is -2.23. The number of hydroxylamine groups is 1. The van der Waals surface area contributed by atoms with E-state index in [9.17, 15) is 0 Å². The van der Waals surface area contributed by atoms with Crippen molar-refractivity contribution in [3.05, 3.63) is 37.0 Å². The molecule has 0 aliphatic rings. The van der Waals surface area contributed by atoms with Crippen LogP contribution in [0.25, 0.3) is 0 Å². The molecular formula is C9H15NO. The molecule has 0 fully saturated rings. The summed E-state index contributed by atoms with van der Waals surface area (Å²) in [6.45, 7) is 10.9. The van der Waals surface area contributed by atoms with Crippen molar-refractivity contribution in [1.29, 1.82) is 0 Å². The molecule has 0 radical (unpaired) electrons. The van der Waals surface area contributed by atoms with Crippen LogP contribution in [0.3, 0.4) is 0 Å². The van der Waals surface area contributed by atoms with E-state index < -0.39 is 5.54 Å². The summed E-state index contributed by atoms with van der Waals surface area (Å²) in [7, 11) is 0. The highest BCUT2D eigenvalue weighted by Gasteiger charge is 2.18. The summed E-state index contributed by atoms with van der Waals surface area (Å²) in [5.41, 5.74) is 2.63. The molecule has 11 heavy (non-hydrogen) atoms. The molecule has 0 amide bonds. The third-order valence-electron chi connectivity index (χ3n) is 1.52. The van der Waals surface area contributed by atoms with Gasteiger partial charge in [-0.2, -0.15) is 5.48 Å². The van der Waals surface area contributed by atoms with Crippen molar-refractivity contribution in [3.8, 4) is 0 Å². The van der Waals surface area contributed by atoms with Crippen molar-refractivity contribution in [2.45, 2.75) is 19.4 Å². The average Bonchev–Trinajstić information content (AvgIpc) is 2.00. The zero-order valence-corrected chi connectivity index (χ0v) is 7.09. The molecule has 62 valence electrons. The standard InChI is InChI=1S/C9H15NO/c1-5-7-8(6-2)9(3,4)10-11/h5-7,10-11H,1-2H2,3-4H3/b8-7+. The van der Waals surface area contributed by atoms with Crippen LogP contribution in [0.1, 0.15) is 13.8 Å². The van der Waals surface area contributed by atoms with E-state index >= 15 is 0 Å². The van der Waals surface area contributed by atoms with Crippen LogP contribution >= 0.6 is 0 Å². The lowest BCUT2D eigenvalue weighted by Crippen LogP contribution is -2.38. The van der Waals surface area contributed by atoms with Crippen LogP contribution in [0.15, 0.2) is 37.0 Å². The molecule has 0 aromatic rings. The van der Waals surface area contributed by atoms with Gasteiger partial charge in [-0.05, 0) is 19.4 Å². The molecule has 0 rings (SSSR count). The highest BCUT2D eigenvalue weighted by Crippen LogP contribution is 2.15. The Kier molecular flexibility index (Phi) is 3.79. The molecule has 2 nitrogen and oxygen atoms in total. The molecule has 2 N–H and O–H groups in total. The number of rotatable bonds is 4. The van der Waals surface area contributed by atoms with Gasteiger partial charge >= 0.3 is 0 Å². The second-order valence-electron chi connectivity index (χ2n) is 2.80. The molecule has 0 aromatic carbocycles. The summed E-state index contributed by atoms with van der Waals surface area (Å²) in [6.07, 6.45) is 5.15. The summed E-state index contributed by atoms with van der Waals surface area (Å²) in [5, 5.41) is 8.75. The maximum Gasteiger partial charge on any atom is 0.0621 e. The van der Waals surface area contributed by atoms with E-state index in [1.807, 2.05) is 13.8 Å². The molecule has 0 aliphatic carbocycles. The van der Waals surface area contributed by atoms with Crippen LogP contribution in [0, 0.1) is 0 Å².